The molecule has 0 radical (unpaired) electrons. The maximum Gasteiger partial charge on any atom is 0.131 e. The van der Waals surface area contributed by atoms with E-state index in [1.165, 1.54) is 18.5 Å². The first-order valence-electron chi connectivity index (χ1n) is 5.10. The van der Waals surface area contributed by atoms with Crippen molar-refractivity contribution in [2.24, 2.45) is 0 Å². The van der Waals surface area contributed by atoms with Gasteiger partial charge < -0.3 is 5.32 Å². The van der Waals surface area contributed by atoms with Crippen LogP contribution in [-0.2, 0) is 0 Å². The summed E-state index contributed by atoms with van der Waals surface area (Å²) < 4.78 is 26.5. The molecule has 1 atom stereocenters. The Labute approximate surface area is 97.5 Å². The van der Waals surface area contributed by atoms with Gasteiger partial charge in [0.05, 0.1) is 11.7 Å². The van der Waals surface area contributed by atoms with Gasteiger partial charge in [-0.05, 0) is 19.2 Å². The van der Waals surface area contributed by atoms with E-state index in [0.717, 1.165) is 6.07 Å². The standard InChI is InChI=1S/C12H11F2N3/c1-15-12(11-4-5-16-7-17-11)9-3-2-8(13)6-10(9)14/h2-7,12,15H,1H3. The maximum absolute atomic E-state index is 13.6. The van der Waals surface area contributed by atoms with E-state index in [1.807, 2.05) is 0 Å². The van der Waals surface area contributed by atoms with Gasteiger partial charge in [-0.2, -0.15) is 0 Å². The molecule has 0 aliphatic rings. The Bertz CT molecular complexity index is 502. The average molecular weight is 235 g/mol. The third-order valence-corrected chi connectivity index (χ3v) is 2.46. The minimum atomic E-state index is -0.594. The van der Waals surface area contributed by atoms with Gasteiger partial charge in [-0.15, -0.1) is 0 Å². The third-order valence-electron chi connectivity index (χ3n) is 2.46. The quantitative estimate of drug-likeness (QED) is 0.884. The number of hydrogen-bond donors (Lipinski definition) is 1. The third kappa shape index (κ3) is 2.45. The molecule has 0 fully saturated rings. The van der Waals surface area contributed by atoms with Crippen molar-refractivity contribution >= 4 is 0 Å². The normalized spacial score (nSPS) is 12.4. The minimum absolute atomic E-state index is 0.354. The highest BCUT2D eigenvalue weighted by molar-refractivity contribution is 5.28. The first kappa shape index (κ1) is 11.6. The molecule has 0 spiro atoms. The second kappa shape index (κ2) is 4.97. The Morgan fingerprint density at radius 2 is 2.06 bits per heavy atom. The van der Waals surface area contributed by atoms with Crippen molar-refractivity contribution in [1.82, 2.24) is 15.3 Å². The topological polar surface area (TPSA) is 37.8 Å². The number of hydrogen-bond acceptors (Lipinski definition) is 3. The molecule has 0 amide bonds. The van der Waals surface area contributed by atoms with Crippen molar-refractivity contribution in [3.8, 4) is 0 Å². The summed E-state index contributed by atoms with van der Waals surface area (Å²) in [5.41, 5.74) is 0.987. The lowest BCUT2D eigenvalue weighted by Crippen LogP contribution is -2.20. The van der Waals surface area contributed by atoms with E-state index in [0.29, 0.717) is 11.3 Å². The van der Waals surface area contributed by atoms with Gasteiger partial charge in [-0.3, -0.25) is 0 Å². The number of benzene rings is 1. The highest BCUT2D eigenvalue weighted by atomic mass is 19.1. The van der Waals surface area contributed by atoms with E-state index in [2.05, 4.69) is 15.3 Å². The van der Waals surface area contributed by atoms with Gasteiger partial charge in [0, 0.05) is 17.8 Å². The van der Waals surface area contributed by atoms with E-state index in [1.54, 1.807) is 19.3 Å². The molecule has 0 aliphatic carbocycles. The van der Waals surface area contributed by atoms with Crippen LogP contribution in [0.3, 0.4) is 0 Å². The Morgan fingerprint density at radius 1 is 1.24 bits per heavy atom. The van der Waals surface area contributed by atoms with Crippen LogP contribution < -0.4 is 5.32 Å². The van der Waals surface area contributed by atoms with Gasteiger partial charge in [0.1, 0.15) is 18.0 Å². The second-order valence-corrected chi connectivity index (χ2v) is 3.52. The van der Waals surface area contributed by atoms with Crippen LogP contribution in [0.25, 0.3) is 0 Å². The molecule has 3 nitrogen and oxygen atoms in total. The minimum Gasteiger partial charge on any atom is -0.308 e. The zero-order valence-corrected chi connectivity index (χ0v) is 9.19. The van der Waals surface area contributed by atoms with Crippen LogP contribution in [0.15, 0.2) is 36.8 Å². The Morgan fingerprint density at radius 3 is 2.65 bits per heavy atom. The molecule has 2 rings (SSSR count). The van der Waals surface area contributed by atoms with Gasteiger partial charge in [0.2, 0.25) is 0 Å². The van der Waals surface area contributed by atoms with Crippen LogP contribution in [0.4, 0.5) is 8.78 Å². The molecule has 1 heterocycles. The van der Waals surface area contributed by atoms with Crippen LogP contribution in [0, 0.1) is 11.6 Å². The summed E-state index contributed by atoms with van der Waals surface area (Å²) in [6.07, 6.45) is 2.97. The van der Waals surface area contributed by atoms with Crippen molar-refractivity contribution in [2.45, 2.75) is 6.04 Å². The van der Waals surface area contributed by atoms with E-state index < -0.39 is 17.7 Å². The molecule has 1 aromatic heterocycles. The number of rotatable bonds is 3. The summed E-state index contributed by atoms with van der Waals surface area (Å²) in [6, 6.07) is 4.77. The molecule has 1 unspecified atom stereocenters. The van der Waals surface area contributed by atoms with Gasteiger partial charge in [-0.25, -0.2) is 18.7 Å². The first-order valence-corrected chi connectivity index (χ1v) is 5.10. The number of nitrogens with zero attached hydrogens (tertiary/aromatic N) is 2. The van der Waals surface area contributed by atoms with Crippen molar-refractivity contribution < 1.29 is 8.78 Å². The number of aromatic nitrogens is 2. The summed E-state index contributed by atoms with van der Waals surface area (Å²) in [6.45, 7) is 0. The second-order valence-electron chi connectivity index (χ2n) is 3.52. The molecule has 1 N–H and O–H groups in total. The van der Waals surface area contributed by atoms with Crippen molar-refractivity contribution in [2.75, 3.05) is 7.05 Å². The van der Waals surface area contributed by atoms with Gasteiger partial charge in [-0.1, -0.05) is 6.07 Å². The van der Waals surface area contributed by atoms with E-state index >= 15 is 0 Å². The van der Waals surface area contributed by atoms with Crippen LogP contribution in [-0.4, -0.2) is 17.0 Å². The molecule has 1 aromatic carbocycles. The lowest BCUT2D eigenvalue weighted by Gasteiger charge is -2.16. The first-order chi connectivity index (χ1) is 8.22. The van der Waals surface area contributed by atoms with Crippen LogP contribution in [0.2, 0.25) is 0 Å². The fraction of sp³-hybridized carbons (Fsp3) is 0.167. The monoisotopic (exact) mass is 235 g/mol. The Hall–Kier alpha value is -1.88. The summed E-state index contributed by atoms with van der Waals surface area (Å²) in [7, 11) is 1.69. The lowest BCUT2D eigenvalue weighted by atomic mass is 10.0. The summed E-state index contributed by atoms with van der Waals surface area (Å²) in [5.74, 6) is -1.19. The molecule has 2 aromatic rings. The van der Waals surface area contributed by atoms with Crippen LogP contribution in [0.5, 0.6) is 0 Å². The van der Waals surface area contributed by atoms with E-state index in [-0.39, 0.29) is 0 Å². The molecule has 0 aliphatic heterocycles. The molecule has 0 bridgehead atoms. The summed E-state index contributed by atoms with van der Waals surface area (Å²) >= 11 is 0. The fourth-order valence-electron chi connectivity index (χ4n) is 1.67. The van der Waals surface area contributed by atoms with Gasteiger partial charge in [0.15, 0.2) is 0 Å². The maximum atomic E-state index is 13.6. The summed E-state index contributed by atoms with van der Waals surface area (Å²) in [5, 5.41) is 2.94. The van der Waals surface area contributed by atoms with Crippen LogP contribution >= 0.6 is 0 Å². The smallest absolute Gasteiger partial charge is 0.131 e. The largest absolute Gasteiger partial charge is 0.308 e. The van der Waals surface area contributed by atoms with Crippen molar-refractivity contribution in [3.63, 3.8) is 0 Å². The molecule has 0 saturated heterocycles. The molecule has 17 heavy (non-hydrogen) atoms. The van der Waals surface area contributed by atoms with E-state index in [4.69, 9.17) is 0 Å². The lowest BCUT2D eigenvalue weighted by molar-refractivity contribution is 0.548. The number of halogens is 2. The molecule has 0 saturated carbocycles. The van der Waals surface area contributed by atoms with Gasteiger partial charge in [0.25, 0.3) is 0 Å². The van der Waals surface area contributed by atoms with Crippen LogP contribution in [0.1, 0.15) is 17.3 Å². The van der Waals surface area contributed by atoms with E-state index in [9.17, 15) is 8.78 Å². The highest BCUT2D eigenvalue weighted by Gasteiger charge is 2.17. The number of nitrogens with one attached hydrogen (secondary N) is 1. The average Bonchev–Trinajstić information content (AvgIpc) is 2.34. The zero-order valence-electron chi connectivity index (χ0n) is 9.19. The summed E-state index contributed by atoms with van der Waals surface area (Å²) in [4.78, 5) is 7.86. The molecule has 88 valence electrons. The predicted molar refractivity (Wildman–Crippen MR) is 59.3 cm³/mol. The highest BCUT2D eigenvalue weighted by Crippen LogP contribution is 2.22. The Kier molecular flexibility index (Phi) is 3.39. The van der Waals surface area contributed by atoms with Crippen molar-refractivity contribution in [1.29, 1.82) is 0 Å². The molecular weight excluding hydrogens is 224 g/mol. The fourth-order valence-corrected chi connectivity index (χ4v) is 1.67. The molecule has 5 heteroatoms. The predicted octanol–water partition coefficient (Wildman–Crippen LogP) is 2.06. The Balaban J connectivity index is 2.42. The van der Waals surface area contributed by atoms with Gasteiger partial charge >= 0.3 is 0 Å². The molecular formula is C12H11F2N3. The van der Waals surface area contributed by atoms with Crippen molar-refractivity contribution in [3.05, 3.63) is 59.7 Å². The zero-order chi connectivity index (χ0) is 12.3. The SMILES string of the molecule is CNC(c1ccncn1)c1ccc(F)cc1F.